The molecule has 3 aliphatic carbocycles. The summed E-state index contributed by atoms with van der Waals surface area (Å²) >= 11 is 4.61. The van der Waals surface area contributed by atoms with Crippen molar-refractivity contribution in [2.24, 2.45) is 0 Å². The fourth-order valence-electron chi connectivity index (χ4n) is 22.2. The number of hydrogen-bond acceptors (Lipinski definition) is 10. The Morgan fingerprint density at radius 3 is 1.05 bits per heavy atom. The van der Waals surface area contributed by atoms with Crippen molar-refractivity contribution < 1.29 is 74.6 Å². The summed E-state index contributed by atoms with van der Waals surface area (Å²) in [4.78, 5) is 60.4. The predicted molar refractivity (Wildman–Crippen MR) is 502 cm³/mol. The maximum absolute atomic E-state index is 13.7. The number of benzene rings is 8. The van der Waals surface area contributed by atoms with Crippen molar-refractivity contribution in [3.8, 4) is 0 Å². The molecule has 642 valence electrons. The summed E-state index contributed by atoms with van der Waals surface area (Å²) in [5.74, 6) is 0.645. The molecule has 3 saturated carbocycles. The molecule has 0 radical (unpaired) electrons. The molecule has 0 spiro atoms. The molecule has 1 N–H and O–H groups in total. The zero-order valence-electron chi connectivity index (χ0n) is 73.1. The number of aromatic nitrogens is 3. The molecule has 0 saturated heterocycles. The standard InChI is InChI=1S/C36H35N3O3S.C36H38N3OS.C32H38N3OS.3BrH/c1-4-37-30-15-9-8-14-27(30)36(2,3)32(37)21-33-38(22-34(40)41)35(42)31(43-33)20-23-17-18-29-26(19-23)25-13-10-16-28(25)39(29)24-11-6-5-7-12-24;1-5-37-31-17-11-10-16-28(31)36(3,4)33(37)23-34-38(6-2)35(40)32(41-34)22-24-19-20-30-27(21-24)26-15-12-18-29(26)39(30)25-13-8-7-9-14-25;1-6-33-25-15-11-12-22(25)23-18-21(16-17-26(23)33)19-28-31(36)35(8-3)30(37-28)20-29-32(4,5)24-13-9-10-14-27(24)34(29)7-2;;;/h5-9,11-12,14-15,17-21,25,28H,4,10,13,16,22H2,1-3H3;7-11,13-14,16-17,19-23,26,29H,5-6,12,15,18H2,1-4H3;9-10,13-14,16-20,22,25H,6-8,11-12,15H2,1-5H3;3*1H/q;2*+1;;;/p-2/b31-20+;32-22+;28-19+;;;. The first-order valence-corrected chi connectivity index (χ1v) is 46.6. The molecule has 3 fully saturated rings. The van der Waals surface area contributed by atoms with E-state index in [1.54, 1.807) is 22.7 Å². The fourth-order valence-corrected chi connectivity index (χ4v) is 25.5. The summed E-state index contributed by atoms with van der Waals surface area (Å²) in [5.41, 5.74) is 24.6. The third-order valence-corrected chi connectivity index (χ3v) is 31.0. The number of anilines is 5. The maximum atomic E-state index is 13.7. The average Bonchev–Trinajstić information content (AvgIpc) is 1.62. The summed E-state index contributed by atoms with van der Waals surface area (Å²) in [6, 6.07) is 69.0. The van der Waals surface area contributed by atoms with Gasteiger partial charge in [0, 0.05) is 137 Å². The molecule has 6 unspecified atom stereocenters. The van der Waals surface area contributed by atoms with E-state index in [1.165, 1.54) is 158 Å². The number of carboxylic acids is 1. The third-order valence-electron chi connectivity index (χ3n) is 27.8. The van der Waals surface area contributed by atoms with E-state index in [0.717, 1.165) is 72.7 Å². The number of carbonyl (C=O) groups is 1. The first-order valence-electron chi connectivity index (χ1n) is 44.2. The van der Waals surface area contributed by atoms with Crippen LogP contribution >= 0.6 is 34.0 Å². The number of aliphatic carboxylic acids is 1. The van der Waals surface area contributed by atoms with Gasteiger partial charge in [-0.2, -0.15) is 13.7 Å². The van der Waals surface area contributed by atoms with Crippen LogP contribution in [0.5, 0.6) is 0 Å². The Kier molecular flexibility index (Phi) is 26.1. The van der Waals surface area contributed by atoms with Crippen LogP contribution in [0.2, 0.25) is 0 Å². The molecule has 6 aliphatic heterocycles. The summed E-state index contributed by atoms with van der Waals surface area (Å²) in [5, 5.41) is 9.73. The van der Waals surface area contributed by atoms with E-state index in [1.807, 2.05) is 27.4 Å². The second-order valence-corrected chi connectivity index (χ2v) is 38.6. The van der Waals surface area contributed by atoms with Gasteiger partial charge in [-0.3, -0.25) is 32.9 Å². The zero-order chi connectivity index (χ0) is 84.1. The molecule has 14 nitrogen and oxygen atoms in total. The quantitative estimate of drug-likeness (QED) is 0.0967. The van der Waals surface area contributed by atoms with Crippen LogP contribution in [-0.4, -0.2) is 99.9 Å². The monoisotopic (exact) mass is 1900 g/mol. The first-order chi connectivity index (χ1) is 58.6. The van der Waals surface area contributed by atoms with E-state index in [4.69, 9.17) is 0 Å². The molecular formula is C104H112Br3N9O5S3. The lowest BCUT2D eigenvalue weighted by Crippen LogP contribution is -3.00. The van der Waals surface area contributed by atoms with Gasteiger partial charge in [-0.05, 0) is 234 Å². The SMILES string of the molecule is CCN1c2ccc(/C=c3/s/c(=C\C4=[N+](CC)c5ccccc5C4(C)C)n(CC)c3=O)cc2C2CCCC21.CC[N+]1=C(/C=c2\s/c(=C/c3ccc4c(c3)C3CCCC3N4c3ccccc3)c(=O)n2CC(=O)O)C(C)(C)c2ccccc21.CCn1c(=O)/c(=C\c2ccc3c(c2)C2CCCC2N3c2ccccc2)s/c1=C\C1=[N+](CC)c2ccccc2C1(C)C.[Br-].[Br-].[Br-]. The molecule has 9 heterocycles. The second kappa shape index (κ2) is 36.1. The molecule has 8 aromatic carbocycles. The molecule has 3 aromatic heterocycles. The molecular weight excluding hydrogens is 1790 g/mol. The van der Waals surface area contributed by atoms with E-state index in [2.05, 4.69) is 318 Å². The molecule has 124 heavy (non-hydrogen) atoms. The summed E-state index contributed by atoms with van der Waals surface area (Å²) in [6.45, 7) is 31.1. The molecule has 20 rings (SSSR count). The first kappa shape index (κ1) is 89.4. The van der Waals surface area contributed by atoms with Gasteiger partial charge >= 0.3 is 5.97 Å². The molecule has 0 bridgehead atoms. The summed E-state index contributed by atoms with van der Waals surface area (Å²) in [6.07, 6.45) is 23.9. The van der Waals surface area contributed by atoms with Crippen molar-refractivity contribution in [1.82, 2.24) is 13.7 Å². The molecule has 20 heteroatoms. The Labute approximate surface area is 771 Å². The summed E-state index contributed by atoms with van der Waals surface area (Å²) < 4.78 is 17.2. The molecule has 9 aliphatic rings. The van der Waals surface area contributed by atoms with Crippen LogP contribution in [0.3, 0.4) is 0 Å². The van der Waals surface area contributed by atoms with Crippen molar-refractivity contribution in [3.63, 3.8) is 0 Å². The highest BCUT2D eigenvalue weighted by molar-refractivity contribution is 7.08. The largest absolute Gasteiger partial charge is 1.00 e. The smallest absolute Gasteiger partial charge is 0.323 e. The number of hydrogen-bond donors (Lipinski definition) is 1. The van der Waals surface area contributed by atoms with Crippen molar-refractivity contribution in [2.75, 3.05) is 40.9 Å². The fraction of sp³-hybridized carbons (Fsp3) is 0.356. The lowest BCUT2D eigenvalue weighted by Gasteiger charge is -2.27. The lowest BCUT2D eigenvalue weighted by molar-refractivity contribution is -0.432. The van der Waals surface area contributed by atoms with E-state index < -0.39 is 5.97 Å². The van der Waals surface area contributed by atoms with Crippen LogP contribution in [-0.2, 0) is 40.7 Å². The third kappa shape index (κ3) is 15.5. The number of halogens is 3. The van der Waals surface area contributed by atoms with Gasteiger partial charge in [0.15, 0.2) is 17.1 Å². The van der Waals surface area contributed by atoms with Crippen molar-refractivity contribution >= 4 is 139 Å². The van der Waals surface area contributed by atoms with Gasteiger partial charge in [-0.1, -0.05) is 128 Å². The van der Waals surface area contributed by atoms with Gasteiger partial charge in [-0.25, -0.2) is 0 Å². The van der Waals surface area contributed by atoms with Crippen LogP contribution < -0.4 is 110 Å². The van der Waals surface area contributed by atoms with Crippen LogP contribution in [0.15, 0.2) is 202 Å². The van der Waals surface area contributed by atoms with Crippen molar-refractivity contribution in [3.05, 3.63) is 297 Å². The Morgan fingerprint density at radius 2 is 0.702 bits per heavy atom. The number of likely N-dealkylation sites (N-methyl/N-ethyl adjacent to an activating group) is 1. The van der Waals surface area contributed by atoms with E-state index in [-0.39, 0.29) is 90.4 Å². The highest BCUT2D eigenvalue weighted by Gasteiger charge is 2.49. The van der Waals surface area contributed by atoms with Gasteiger partial charge < -0.3 is 70.8 Å². The Morgan fingerprint density at radius 1 is 0.387 bits per heavy atom. The molecule has 0 amide bonds. The second-order valence-electron chi connectivity index (χ2n) is 35.4. The van der Waals surface area contributed by atoms with Crippen LogP contribution in [0, 0.1) is 0 Å². The normalized spacial score (nSPS) is 21.1. The minimum Gasteiger partial charge on any atom is -1.00 e. The van der Waals surface area contributed by atoms with Crippen molar-refractivity contribution in [1.29, 1.82) is 0 Å². The topological polar surface area (TPSA) is 122 Å². The number of thiazole rings is 3. The minimum absolute atomic E-state index is 0. The molecule has 11 aromatic rings. The number of para-hydroxylation sites is 5. The van der Waals surface area contributed by atoms with Gasteiger partial charge in [0.2, 0.25) is 17.1 Å². The van der Waals surface area contributed by atoms with E-state index in [9.17, 15) is 24.3 Å². The number of nitrogens with zero attached hydrogens (tertiary/aromatic N) is 9. The number of fused-ring (bicyclic) bond motifs is 12. The van der Waals surface area contributed by atoms with Crippen LogP contribution in [0.25, 0.3) is 36.5 Å². The zero-order valence-corrected chi connectivity index (χ0v) is 80.3. The Hall–Kier alpha value is -9.41. The summed E-state index contributed by atoms with van der Waals surface area (Å²) in [7, 11) is 0. The highest BCUT2D eigenvalue weighted by atomic mass is 79.9. The van der Waals surface area contributed by atoms with Gasteiger partial charge in [-0.15, -0.1) is 34.0 Å². The Bertz CT molecular complexity index is 6700. The lowest BCUT2D eigenvalue weighted by atomic mass is 9.81. The van der Waals surface area contributed by atoms with E-state index >= 15 is 0 Å². The minimum atomic E-state index is -1.03. The van der Waals surface area contributed by atoms with E-state index in [0.29, 0.717) is 58.2 Å². The van der Waals surface area contributed by atoms with Gasteiger partial charge in [0.05, 0.1) is 29.8 Å². The highest BCUT2D eigenvalue weighted by Crippen LogP contribution is 2.55. The predicted octanol–water partition coefficient (Wildman–Crippen LogP) is 8.03. The maximum Gasteiger partial charge on any atom is 0.323 e. The number of carboxylic acid groups (broad SMARTS) is 1. The van der Waals surface area contributed by atoms with Gasteiger partial charge in [0.1, 0.15) is 40.2 Å². The average molecular weight is 1900 g/mol. The van der Waals surface area contributed by atoms with Gasteiger partial charge in [0.25, 0.3) is 16.7 Å². The van der Waals surface area contributed by atoms with Crippen LogP contribution in [0.4, 0.5) is 45.5 Å². The Balaban J connectivity index is 0.000000143. The van der Waals surface area contributed by atoms with Crippen molar-refractivity contribution in [2.45, 2.75) is 213 Å². The van der Waals surface area contributed by atoms with Crippen LogP contribution in [0.1, 0.15) is 209 Å². The molecule has 6 atom stereocenters. The number of rotatable bonds is 16.